The lowest BCUT2D eigenvalue weighted by Gasteiger charge is -2.30. The van der Waals surface area contributed by atoms with Crippen molar-refractivity contribution in [3.8, 4) is 0 Å². The number of nitrogens with one attached hydrogen (secondary N) is 1. The number of amides is 1. The second kappa shape index (κ2) is 6.41. The maximum atomic E-state index is 12.0. The molecule has 0 aliphatic carbocycles. The fourth-order valence-electron chi connectivity index (χ4n) is 2.34. The van der Waals surface area contributed by atoms with Gasteiger partial charge < -0.3 is 15.3 Å². The third-order valence-electron chi connectivity index (χ3n) is 3.69. The summed E-state index contributed by atoms with van der Waals surface area (Å²) in [5.41, 5.74) is 2.10. The summed E-state index contributed by atoms with van der Waals surface area (Å²) in [5.74, 6) is -1.03. The third-order valence-corrected chi connectivity index (χ3v) is 3.69. The molecule has 1 saturated heterocycles. The number of nitrogens with zero attached hydrogens (tertiary/aromatic N) is 1. The summed E-state index contributed by atoms with van der Waals surface area (Å²) in [6.07, 6.45) is 1.09. The summed E-state index contributed by atoms with van der Waals surface area (Å²) in [4.78, 5) is 24.6. The SMILES string of the molecule is Cc1ccc(NCC(=O)N2CCC(C(=O)O)CC2)cc1. The van der Waals surface area contributed by atoms with E-state index in [1.54, 1.807) is 4.90 Å². The van der Waals surface area contributed by atoms with E-state index in [1.807, 2.05) is 31.2 Å². The highest BCUT2D eigenvalue weighted by Gasteiger charge is 2.26. The van der Waals surface area contributed by atoms with Crippen molar-refractivity contribution in [3.63, 3.8) is 0 Å². The Balaban J connectivity index is 1.78. The first-order valence-corrected chi connectivity index (χ1v) is 6.87. The van der Waals surface area contributed by atoms with Gasteiger partial charge in [-0.2, -0.15) is 0 Å². The number of rotatable bonds is 4. The number of likely N-dealkylation sites (tertiary alicyclic amines) is 1. The van der Waals surface area contributed by atoms with Gasteiger partial charge in [0, 0.05) is 18.8 Å². The van der Waals surface area contributed by atoms with Crippen molar-refractivity contribution >= 4 is 17.6 Å². The quantitative estimate of drug-likeness (QED) is 0.878. The average Bonchev–Trinajstić information content (AvgIpc) is 2.46. The standard InChI is InChI=1S/C15H20N2O3/c1-11-2-4-13(5-3-11)16-10-14(18)17-8-6-12(7-9-17)15(19)20/h2-5,12,16H,6-10H2,1H3,(H,19,20). The van der Waals surface area contributed by atoms with Crippen molar-refractivity contribution in [1.29, 1.82) is 0 Å². The predicted octanol–water partition coefficient (Wildman–Crippen LogP) is 1.73. The number of carboxylic acid groups (broad SMARTS) is 1. The van der Waals surface area contributed by atoms with Crippen LogP contribution in [0.1, 0.15) is 18.4 Å². The van der Waals surface area contributed by atoms with Gasteiger partial charge in [-0.3, -0.25) is 9.59 Å². The molecule has 5 nitrogen and oxygen atoms in total. The zero-order valence-corrected chi connectivity index (χ0v) is 11.6. The minimum atomic E-state index is -0.755. The van der Waals surface area contributed by atoms with Crippen molar-refractivity contribution in [2.45, 2.75) is 19.8 Å². The second-order valence-electron chi connectivity index (χ2n) is 5.21. The maximum absolute atomic E-state index is 12.0. The van der Waals surface area contributed by atoms with E-state index in [4.69, 9.17) is 5.11 Å². The molecule has 20 heavy (non-hydrogen) atoms. The smallest absolute Gasteiger partial charge is 0.306 e. The Labute approximate surface area is 118 Å². The van der Waals surface area contributed by atoms with Crippen LogP contribution in [0.2, 0.25) is 0 Å². The lowest BCUT2D eigenvalue weighted by molar-refractivity contribution is -0.145. The highest BCUT2D eigenvalue weighted by molar-refractivity contribution is 5.81. The van der Waals surface area contributed by atoms with Crippen LogP contribution in [0.15, 0.2) is 24.3 Å². The molecule has 2 rings (SSSR count). The Morgan fingerprint density at radius 2 is 1.85 bits per heavy atom. The minimum Gasteiger partial charge on any atom is -0.481 e. The number of carboxylic acids is 1. The van der Waals surface area contributed by atoms with Gasteiger partial charge in [0.2, 0.25) is 5.91 Å². The molecule has 108 valence electrons. The second-order valence-corrected chi connectivity index (χ2v) is 5.21. The molecule has 1 aliphatic rings. The summed E-state index contributed by atoms with van der Waals surface area (Å²) < 4.78 is 0. The van der Waals surface area contributed by atoms with E-state index in [9.17, 15) is 9.59 Å². The van der Waals surface area contributed by atoms with Crippen LogP contribution in [0.3, 0.4) is 0 Å². The monoisotopic (exact) mass is 276 g/mol. The average molecular weight is 276 g/mol. The lowest BCUT2D eigenvalue weighted by Crippen LogP contribution is -2.42. The molecule has 0 bridgehead atoms. The van der Waals surface area contributed by atoms with Gasteiger partial charge >= 0.3 is 5.97 Å². The Bertz CT molecular complexity index is 476. The van der Waals surface area contributed by atoms with Gasteiger partial charge in [-0.25, -0.2) is 0 Å². The molecular formula is C15H20N2O3. The van der Waals surface area contributed by atoms with E-state index in [0.29, 0.717) is 25.9 Å². The minimum absolute atomic E-state index is 0.0226. The molecular weight excluding hydrogens is 256 g/mol. The first-order chi connectivity index (χ1) is 9.56. The molecule has 1 fully saturated rings. The summed E-state index contributed by atoms with van der Waals surface area (Å²) in [6, 6.07) is 7.87. The Morgan fingerprint density at radius 3 is 2.40 bits per heavy atom. The summed E-state index contributed by atoms with van der Waals surface area (Å²) in [5, 5.41) is 12.0. The highest BCUT2D eigenvalue weighted by atomic mass is 16.4. The summed E-state index contributed by atoms with van der Waals surface area (Å²) in [7, 11) is 0. The number of hydrogen-bond acceptors (Lipinski definition) is 3. The number of hydrogen-bond donors (Lipinski definition) is 2. The number of anilines is 1. The first-order valence-electron chi connectivity index (χ1n) is 6.87. The molecule has 1 aromatic carbocycles. The lowest BCUT2D eigenvalue weighted by atomic mass is 9.97. The van der Waals surface area contributed by atoms with E-state index in [-0.39, 0.29) is 18.4 Å². The molecule has 2 N–H and O–H groups in total. The van der Waals surface area contributed by atoms with Crippen molar-refractivity contribution in [2.75, 3.05) is 25.0 Å². The van der Waals surface area contributed by atoms with Crippen LogP contribution in [-0.4, -0.2) is 41.5 Å². The molecule has 1 heterocycles. The van der Waals surface area contributed by atoms with E-state index in [1.165, 1.54) is 5.56 Å². The molecule has 0 aromatic heterocycles. The maximum Gasteiger partial charge on any atom is 0.306 e. The van der Waals surface area contributed by atoms with Crippen molar-refractivity contribution in [1.82, 2.24) is 4.90 Å². The molecule has 1 aromatic rings. The van der Waals surface area contributed by atoms with Crippen molar-refractivity contribution in [2.24, 2.45) is 5.92 Å². The van der Waals surface area contributed by atoms with E-state index in [0.717, 1.165) is 5.69 Å². The van der Waals surface area contributed by atoms with Gasteiger partial charge in [0.05, 0.1) is 12.5 Å². The zero-order chi connectivity index (χ0) is 14.5. The first kappa shape index (κ1) is 14.4. The molecule has 1 aliphatic heterocycles. The topological polar surface area (TPSA) is 69.6 Å². The van der Waals surface area contributed by atoms with Crippen LogP contribution in [-0.2, 0) is 9.59 Å². The van der Waals surface area contributed by atoms with Gasteiger partial charge in [-0.15, -0.1) is 0 Å². The van der Waals surface area contributed by atoms with Gasteiger partial charge in [-0.1, -0.05) is 17.7 Å². The number of piperidine rings is 1. The molecule has 0 spiro atoms. The largest absolute Gasteiger partial charge is 0.481 e. The zero-order valence-electron chi connectivity index (χ0n) is 11.6. The third kappa shape index (κ3) is 3.73. The molecule has 5 heteroatoms. The number of aliphatic carboxylic acids is 1. The molecule has 0 radical (unpaired) electrons. The highest BCUT2D eigenvalue weighted by Crippen LogP contribution is 2.17. The van der Waals surface area contributed by atoms with Crippen LogP contribution < -0.4 is 5.32 Å². The summed E-state index contributed by atoms with van der Waals surface area (Å²) >= 11 is 0. The number of aryl methyl sites for hydroxylation is 1. The van der Waals surface area contributed by atoms with Crippen LogP contribution in [0.4, 0.5) is 5.69 Å². The fourth-order valence-corrected chi connectivity index (χ4v) is 2.34. The molecule has 1 amide bonds. The number of benzene rings is 1. The van der Waals surface area contributed by atoms with Gasteiger partial charge in [-0.05, 0) is 31.9 Å². The van der Waals surface area contributed by atoms with E-state index in [2.05, 4.69) is 5.32 Å². The van der Waals surface area contributed by atoms with Gasteiger partial charge in [0.25, 0.3) is 0 Å². The number of carbonyl (C=O) groups is 2. The van der Waals surface area contributed by atoms with Crippen LogP contribution in [0, 0.1) is 12.8 Å². The van der Waals surface area contributed by atoms with E-state index < -0.39 is 5.97 Å². The molecule has 0 atom stereocenters. The van der Waals surface area contributed by atoms with Gasteiger partial charge in [0.15, 0.2) is 0 Å². The number of carbonyl (C=O) groups excluding carboxylic acids is 1. The van der Waals surface area contributed by atoms with Crippen LogP contribution >= 0.6 is 0 Å². The van der Waals surface area contributed by atoms with Crippen LogP contribution in [0.5, 0.6) is 0 Å². The fraction of sp³-hybridized carbons (Fsp3) is 0.467. The van der Waals surface area contributed by atoms with E-state index >= 15 is 0 Å². The Morgan fingerprint density at radius 1 is 1.25 bits per heavy atom. The van der Waals surface area contributed by atoms with Crippen LogP contribution in [0.25, 0.3) is 0 Å². The van der Waals surface area contributed by atoms with Crippen molar-refractivity contribution in [3.05, 3.63) is 29.8 Å². The van der Waals surface area contributed by atoms with Gasteiger partial charge in [0.1, 0.15) is 0 Å². The predicted molar refractivity (Wildman–Crippen MR) is 76.6 cm³/mol. The Kier molecular flexibility index (Phi) is 4.61. The molecule has 0 saturated carbocycles. The Hall–Kier alpha value is -2.04. The van der Waals surface area contributed by atoms with Crippen molar-refractivity contribution < 1.29 is 14.7 Å². The normalized spacial score (nSPS) is 15.9. The molecule has 0 unspecified atom stereocenters. The summed E-state index contributed by atoms with van der Waals surface area (Å²) in [6.45, 7) is 3.33.